The van der Waals surface area contributed by atoms with E-state index in [9.17, 15) is 4.79 Å². The Balaban J connectivity index is 1.93. The van der Waals surface area contributed by atoms with Crippen LogP contribution in [0.1, 0.15) is 49.5 Å². The van der Waals surface area contributed by atoms with Crippen LogP contribution in [0.15, 0.2) is 12.1 Å². The van der Waals surface area contributed by atoms with Crippen molar-refractivity contribution in [2.45, 2.75) is 58.3 Å². The van der Waals surface area contributed by atoms with Gasteiger partial charge in [0.15, 0.2) is 0 Å². The van der Waals surface area contributed by atoms with E-state index >= 15 is 0 Å². The van der Waals surface area contributed by atoms with E-state index in [0.29, 0.717) is 12.5 Å². The van der Waals surface area contributed by atoms with Gasteiger partial charge in [-0.1, -0.05) is 12.1 Å². The number of rotatable bonds is 6. The van der Waals surface area contributed by atoms with Gasteiger partial charge in [-0.2, -0.15) is 0 Å². The molecule has 1 amide bonds. The molecule has 2 atom stereocenters. The van der Waals surface area contributed by atoms with Gasteiger partial charge in [-0.15, -0.1) is 0 Å². The number of hydrogen-bond donors (Lipinski definition) is 2. The maximum absolute atomic E-state index is 10.8. The van der Waals surface area contributed by atoms with E-state index in [1.165, 1.54) is 11.1 Å². The fraction of sp³-hybridized carbons (Fsp3) is 0.650. The molecule has 0 spiro atoms. The average molecular weight is 346 g/mol. The first kappa shape index (κ1) is 18.2. The van der Waals surface area contributed by atoms with Gasteiger partial charge in [-0.25, -0.2) is 0 Å². The van der Waals surface area contributed by atoms with Crippen LogP contribution >= 0.6 is 0 Å². The van der Waals surface area contributed by atoms with E-state index in [-0.39, 0.29) is 18.3 Å². The van der Waals surface area contributed by atoms with Crippen molar-refractivity contribution in [2.24, 2.45) is 5.92 Å². The second kappa shape index (κ2) is 8.19. The van der Waals surface area contributed by atoms with Gasteiger partial charge in [0, 0.05) is 18.5 Å². The second-order valence-corrected chi connectivity index (χ2v) is 7.43. The maximum atomic E-state index is 10.8. The predicted octanol–water partition coefficient (Wildman–Crippen LogP) is 2.51. The van der Waals surface area contributed by atoms with E-state index in [0.717, 1.165) is 50.1 Å². The number of carbonyl (C=O) groups is 1. The van der Waals surface area contributed by atoms with Gasteiger partial charge >= 0.3 is 0 Å². The molecule has 5 nitrogen and oxygen atoms in total. The summed E-state index contributed by atoms with van der Waals surface area (Å²) in [5.74, 6) is 1.56. The first-order valence-corrected chi connectivity index (χ1v) is 9.42. The molecule has 0 aromatic heterocycles. The zero-order chi connectivity index (χ0) is 17.8. The molecule has 138 valence electrons. The molecule has 1 aromatic carbocycles. The molecule has 1 saturated heterocycles. The van der Waals surface area contributed by atoms with Crippen LogP contribution in [0, 0.1) is 12.8 Å². The molecule has 5 heteroatoms. The molecule has 2 N–H and O–H groups in total. The number of carbonyl (C=O) groups excluding carboxylic acids is 1. The molecule has 1 unspecified atom stereocenters. The van der Waals surface area contributed by atoms with Crippen LogP contribution < -0.4 is 15.4 Å². The summed E-state index contributed by atoms with van der Waals surface area (Å²) in [5, 5.41) is 6.22. The molecule has 3 rings (SSSR count). The number of piperidine rings is 1. The minimum Gasteiger partial charge on any atom is -0.490 e. The maximum Gasteiger partial charge on any atom is 0.207 e. The lowest BCUT2D eigenvalue weighted by molar-refractivity contribution is -0.111. The Hall–Kier alpha value is -1.59. The van der Waals surface area contributed by atoms with Crippen LogP contribution in [0.25, 0.3) is 0 Å². The summed E-state index contributed by atoms with van der Waals surface area (Å²) in [7, 11) is 0. The highest BCUT2D eigenvalue weighted by atomic mass is 16.5. The average Bonchev–Trinajstić information content (AvgIpc) is 2.62. The molecule has 0 radical (unpaired) electrons. The van der Waals surface area contributed by atoms with Crippen molar-refractivity contribution in [1.82, 2.24) is 10.6 Å². The Morgan fingerprint density at radius 1 is 1.36 bits per heavy atom. The minimum absolute atomic E-state index is 0.107. The first-order valence-electron chi connectivity index (χ1n) is 9.42. The smallest absolute Gasteiger partial charge is 0.207 e. The molecule has 2 heterocycles. The van der Waals surface area contributed by atoms with E-state index in [4.69, 9.17) is 9.47 Å². The Morgan fingerprint density at radius 3 is 2.80 bits per heavy atom. The normalized spacial score (nSPS) is 24.0. The molecule has 2 aliphatic rings. The Morgan fingerprint density at radius 2 is 2.12 bits per heavy atom. The standard InChI is InChI=1S/C20H30N2O3/c1-13(2)24-20-14(3)4-5-16-17(20)10-18(15-6-8-21-9-7-15)25-19(16)11-22-12-23/h4-5,12-13,15,18-19,21H,6-11H2,1-3H3,(H,22,23)/t18-,19?/m0/s1. The molecule has 1 fully saturated rings. The van der Waals surface area contributed by atoms with Gasteiger partial charge in [-0.3, -0.25) is 4.79 Å². The highest BCUT2D eigenvalue weighted by Gasteiger charge is 2.35. The first-order chi connectivity index (χ1) is 12.1. The third kappa shape index (κ3) is 4.15. The lowest BCUT2D eigenvalue weighted by Crippen LogP contribution is -2.41. The number of nitrogens with one attached hydrogen (secondary N) is 2. The Bertz CT molecular complexity index is 597. The molecule has 2 aliphatic heterocycles. The number of hydrogen-bond acceptors (Lipinski definition) is 4. The largest absolute Gasteiger partial charge is 0.490 e. The van der Waals surface area contributed by atoms with Crippen LogP contribution in [0.5, 0.6) is 5.75 Å². The molecule has 0 aliphatic carbocycles. The van der Waals surface area contributed by atoms with Crippen molar-refractivity contribution in [3.63, 3.8) is 0 Å². The fourth-order valence-electron chi connectivity index (χ4n) is 4.01. The predicted molar refractivity (Wildman–Crippen MR) is 97.9 cm³/mol. The summed E-state index contributed by atoms with van der Waals surface area (Å²) >= 11 is 0. The highest BCUT2D eigenvalue weighted by molar-refractivity contribution is 5.50. The third-order valence-corrected chi connectivity index (χ3v) is 5.23. The van der Waals surface area contributed by atoms with E-state index in [2.05, 4.69) is 43.5 Å². The van der Waals surface area contributed by atoms with Gasteiger partial charge in [-0.05, 0) is 63.7 Å². The number of ether oxygens (including phenoxy) is 2. The quantitative estimate of drug-likeness (QED) is 0.777. The Kier molecular flexibility index (Phi) is 5.97. The van der Waals surface area contributed by atoms with Crippen LogP contribution in [-0.2, 0) is 16.0 Å². The second-order valence-electron chi connectivity index (χ2n) is 7.43. The van der Waals surface area contributed by atoms with E-state index in [1.54, 1.807) is 0 Å². The minimum atomic E-state index is -0.107. The van der Waals surface area contributed by atoms with E-state index < -0.39 is 0 Å². The lowest BCUT2D eigenvalue weighted by Gasteiger charge is -2.39. The van der Waals surface area contributed by atoms with Crippen LogP contribution in [0.2, 0.25) is 0 Å². The van der Waals surface area contributed by atoms with Crippen molar-refractivity contribution < 1.29 is 14.3 Å². The van der Waals surface area contributed by atoms with E-state index in [1.807, 2.05) is 0 Å². The summed E-state index contributed by atoms with van der Waals surface area (Å²) in [6.45, 7) is 8.84. The number of aryl methyl sites for hydroxylation is 1. The Labute approximate surface area is 150 Å². The van der Waals surface area contributed by atoms with Gasteiger partial charge in [0.05, 0.1) is 12.2 Å². The summed E-state index contributed by atoms with van der Waals surface area (Å²) in [4.78, 5) is 10.8. The number of fused-ring (bicyclic) bond motifs is 1. The zero-order valence-electron chi connectivity index (χ0n) is 15.5. The van der Waals surface area contributed by atoms with Crippen molar-refractivity contribution in [1.29, 1.82) is 0 Å². The molecule has 0 bridgehead atoms. The van der Waals surface area contributed by atoms with Crippen LogP contribution in [0.4, 0.5) is 0 Å². The topological polar surface area (TPSA) is 59.6 Å². The van der Waals surface area contributed by atoms with Crippen molar-refractivity contribution in [3.8, 4) is 5.75 Å². The summed E-state index contributed by atoms with van der Waals surface area (Å²) in [5.41, 5.74) is 3.59. The van der Waals surface area contributed by atoms with Crippen LogP contribution in [-0.4, -0.2) is 38.3 Å². The number of amides is 1. The lowest BCUT2D eigenvalue weighted by atomic mass is 9.83. The monoisotopic (exact) mass is 346 g/mol. The van der Waals surface area contributed by atoms with Crippen LogP contribution in [0.3, 0.4) is 0 Å². The summed E-state index contributed by atoms with van der Waals surface area (Å²) in [6.07, 6.45) is 4.13. The summed E-state index contributed by atoms with van der Waals surface area (Å²) < 4.78 is 12.6. The van der Waals surface area contributed by atoms with Crippen molar-refractivity contribution in [3.05, 3.63) is 28.8 Å². The van der Waals surface area contributed by atoms with Crippen molar-refractivity contribution >= 4 is 6.41 Å². The SMILES string of the molecule is Cc1ccc2c(c1OC(C)C)C[C@@H](C1CCNCC1)OC2CNC=O. The third-order valence-electron chi connectivity index (χ3n) is 5.23. The highest BCUT2D eigenvalue weighted by Crippen LogP contribution is 2.40. The van der Waals surface area contributed by atoms with Crippen molar-refractivity contribution in [2.75, 3.05) is 19.6 Å². The fourth-order valence-corrected chi connectivity index (χ4v) is 4.01. The van der Waals surface area contributed by atoms with Gasteiger partial charge in [0.25, 0.3) is 0 Å². The number of benzene rings is 1. The van der Waals surface area contributed by atoms with Gasteiger partial charge < -0.3 is 20.1 Å². The molecule has 1 aromatic rings. The van der Waals surface area contributed by atoms with Gasteiger partial charge in [0.1, 0.15) is 11.9 Å². The van der Waals surface area contributed by atoms with Gasteiger partial charge in [0.2, 0.25) is 6.41 Å². The molecule has 25 heavy (non-hydrogen) atoms. The molecular weight excluding hydrogens is 316 g/mol. The summed E-state index contributed by atoms with van der Waals surface area (Å²) in [6, 6.07) is 4.23. The zero-order valence-corrected chi connectivity index (χ0v) is 15.5. The molecular formula is C20H30N2O3. The molecule has 0 saturated carbocycles.